The van der Waals surface area contributed by atoms with Gasteiger partial charge in [0.05, 0.1) is 17.2 Å². The maximum absolute atomic E-state index is 13.6. The van der Waals surface area contributed by atoms with E-state index in [4.69, 9.17) is 5.11 Å². The number of allylic oxidation sites excluding steroid dienone is 1. The maximum Gasteiger partial charge on any atom is 0.257 e. The van der Waals surface area contributed by atoms with Crippen LogP contribution in [0.4, 0.5) is 13.9 Å². The molecule has 0 saturated heterocycles. The largest absolute Gasteiger partial charge is 0.393 e. The van der Waals surface area contributed by atoms with Gasteiger partial charge in [0.25, 0.3) is 5.91 Å². The van der Waals surface area contributed by atoms with Crippen LogP contribution in [0.3, 0.4) is 0 Å². The average molecular weight is 473 g/mol. The normalized spacial score (nSPS) is 23.0. The molecule has 1 aliphatic rings. The van der Waals surface area contributed by atoms with Crippen LogP contribution in [0, 0.1) is 5.92 Å². The Morgan fingerprint density at radius 3 is 2.45 bits per heavy atom. The summed E-state index contributed by atoms with van der Waals surface area (Å²) < 4.78 is 50.7. The number of alkyl halides is 2. The number of anilines is 1. The fraction of sp³-hybridized carbons (Fsp3) is 0.400. The maximum atomic E-state index is 13.6. The molecule has 0 radical (unpaired) electrons. The van der Waals surface area contributed by atoms with Crippen LogP contribution in [-0.2, 0) is 14.6 Å². The van der Waals surface area contributed by atoms with Crippen LogP contribution in [0.25, 0.3) is 5.57 Å². The first-order valence-corrected chi connectivity index (χ1v) is 12.2. The molecule has 0 aliphatic heterocycles. The first kappa shape index (κ1) is 23.5. The minimum absolute atomic E-state index is 0.0521. The molecule has 0 bridgehead atoms. The number of hydrogen-bond donors (Lipinski definition) is 3. The Hall–Kier alpha value is -2.21. The molecule has 1 aromatic carbocycles. The van der Waals surface area contributed by atoms with E-state index in [9.17, 15) is 27.1 Å². The number of halogens is 2. The number of amides is 1. The van der Waals surface area contributed by atoms with Crippen molar-refractivity contribution in [3.8, 4) is 0 Å². The topological polar surface area (TPSA) is 117 Å². The van der Waals surface area contributed by atoms with E-state index >= 15 is 0 Å². The highest BCUT2D eigenvalue weighted by Gasteiger charge is 2.34. The first-order valence-electron chi connectivity index (χ1n) is 9.44. The van der Waals surface area contributed by atoms with E-state index in [1.807, 2.05) is 0 Å². The molecule has 2 aromatic rings. The Balaban J connectivity index is 1.90. The van der Waals surface area contributed by atoms with Crippen LogP contribution in [0.5, 0.6) is 0 Å². The third-order valence-electron chi connectivity index (χ3n) is 4.95. The number of carbonyl (C=O) groups excluding carboxylic acids is 1. The lowest BCUT2D eigenvalue weighted by atomic mass is 9.98. The number of aromatic nitrogens is 1. The first-order chi connectivity index (χ1) is 14.6. The van der Waals surface area contributed by atoms with Crippen LogP contribution in [0.15, 0.2) is 40.6 Å². The Labute approximate surface area is 182 Å². The summed E-state index contributed by atoms with van der Waals surface area (Å²) in [6.45, 7) is -0.522. The third kappa shape index (κ3) is 5.73. The van der Waals surface area contributed by atoms with Crippen LogP contribution >= 0.6 is 11.3 Å². The van der Waals surface area contributed by atoms with Crippen molar-refractivity contribution in [3.05, 3.63) is 47.0 Å². The number of hydrogen-bond acceptors (Lipinski definition) is 7. The fourth-order valence-corrected chi connectivity index (χ4v) is 4.66. The molecular formula is C20H22F2N2O5S2. The second kappa shape index (κ2) is 9.51. The van der Waals surface area contributed by atoms with Gasteiger partial charge in [-0.05, 0) is 36.5 Å². The molecule has 4 atom stereocenters. The molecule has 31 heavy (non-hydrogen) atoms. The number of rotatable bonds is 7. The van der Waals surface area contributed by atoms with Gasteiger partial charge in [-0.1, -0.05) is 18.2 Å². The van der Waals surface area contributed by atoms with Crippen molar-refractivity contribution in [1.29, 1.82) is 0 Å². The van der Waals surface area contributed by atoms with E-state index in [1.54, 1.807) is 0 Å². The molecule has 11 heteroatoms. The van der Waals surface area contributed by atoms with Crippen molar-refractivity contribution in [3.63, 3.8) is 0 Å². The molecule has 7 nitrogen and oxygen atoms in total. The van der Waals surface area contributed by atoms with Crippen molar-refractivity contribution in [2.45, 2.75) is 36.2 Å². The molecule has 1 aromatic heterocycles. The number of aliphatic hydroxyl groups excluding tert-OH is 2. The number of benzene rings is 1. The summed E-state index contributed by atoms with van der Waals surface area (Å²) >= 11 is 1.04. The molecule has 1 fully saturated rings. The molecule has 168 valence electrons. The van der Waals surface area contributed by atoms with Gasteiger partial charge in [0, 0.05) is 17.2 Å². The van der Waals surface area contributed by atoms with E-state index in [0.717, 1.165) is 17.6 Å². The Morgan fingerprint density at radius 1 is 1.29 bits per heavy atom. The Kier molecular flexibility index (Phi) is 7.20. The number of aliphatic hydroxyl groups is 2. The quantitative estimate of drug-likeness (QED) is 0.534. The van der Waals surface area contributed by atoms with Gasteiger partial charge in [-0.2, -0.15) is 0 Å². The predicted molar refractivity (Wildman–Crippen MR) is 113 cm³/mol. The zero-order valence-corrected chi connectivity index (χ0v) is 18.2. The zero-order valence-electron chi connectivity index (χ0n) is 16.5. The van der Waals surface area contributed by atoms with Gasteiger partial charge in [0.1, 0.15) is 18.4 Å². The number of carbonyl (C=O) groups is 1. The van der Waals surface area contributed by atoms with Gasteiger partial charge in [-0.3, -0.25) is 10.1 Å². The summed E-state index contributed by atoms with van der Waals surface area (Å²) in [5, 5.41) is 22.9. The lowest BCUT2D eigenvalue weighted by Gasteiger charge is -2.11. The van der Waals surface area contributed by atoms with Gasteiger partial charge in [-0.15, -0.1) is 11.3 Å². The molecule has 3 N–H and O–H groups in total. The van der Waals surface area contributed by atoms with Crippen LogP contribution in [0.1, 0.15) is 30.2 Å². The second-order valence-corrected chi connectivity index (χ2v) is 10.2. The van der Waals surface area contributed by atoms with Crippen molar-refractivity contribution >= 4 is 37.8 Å². The number of thiazole rings is 1. The van der Waals surface area contributed by atoms with Gasteiger partial charge in [0.2, 0.25) is 0 Å². The van der Waals surface area contributed by atoms with E-state index in [2.05, 4.69) is 10.3 Å². The molecule has 1 saturated carbocycles. The summed E-state index contributed by atoms with van der Waals surface area (Å²) in [4.78, 5) is 17.1. The van der Waals surface area contributed by atoms with Gasteiger partial charge in [0.15, 0.2) is 15.0 Å². The molecule has 0 spiro atoms. The molecule has 2 unspecified atom stereocenters. The highest BCUT2D eigenvalue weighted by atomic mass is 32.2. The van der Waals surface area contributed by atoms with Crippen molar-refractivity contribution in [2.24, 2.45) is 5.92 Å². The minimum Gasteiger partial charge on any atom is -0.393 e. The summed E-state index contributed by atoms with van der Waals surface area (Å²) in [6, 6.07) is 5.63. The SMILES string of the molecule is CS(=O)(=O)c1ccc(C(=CC2C[C@@H](F)[C@@H](F)C2)C(=O)Nc2nc(C(O)CO)cs2)cc1. The molecule has 1 aliphatic carbocycles. The smallest absolute Gasteiger partial charge is 0.257 e. The Bertz CT molecular complexity index is 1060. The molecular weight excluding hydrogens is 450 g/mol. The van der Waals surface area contributed by atoms with Gasteiger partial charge in [-0.25, -0.2) is 22.2 Å². The van der Waals surface area contributed by atoms with Crippen molar-refractivity contribution < 1.29 is 32.2 Å². The highest BCUT2D eigenvalue weighted by molar-refractivity contribution is 7.90. The zero-order chi connectivity index (χ0) is 22.8. The van der Waals surface area contributed by atoms with E-state index < -0.39 is 46.7 Å². The van der Waals surface area contributed by atoms with E-state index in [0.29, 0.717) is 5.56 Å². The molecule has 1 heterocycles. The number of nitrogens with one attached hydrogen (secondary N) is 1. The number of nitrogens with zero attached hydrogens (tertiary/aromatic N) is 1. The van der Waals surface area contributed by atoms with Crippen LogP contribution in [-0.4, -0.2) is 54.7 Å². The van der Waals surface area contributed by atoms with Gasteiger partial charge < -0.3 is 10.2 Å². The fourth-order valence-electron chi connectivity index (χ4n) is 3.28. The standard InChI is InChI=1S/C20H22F2N2O5S2/c1-31(28,29)13-4-2-12(3-5-13)14(6-11-7-15(21)16(22)8-11)19(27)24-20-23-17(10-30-20)18(26)9-25/h2-6,10-11,15-16,18,25-26H,7-9H2,1H3,(H,23,24,27)/t11?,15-,16+,18?. The van der Waals surface area contributed by atoms with Crippen molar-refractivity contribution in [1.82, 2.24) is 4.98 Å². The van der Waals surface area contributed by atoms with Crippen LogP contribution < -0.4 is 5.32 Å². The van der Waals surface area contributed by atoms with Gasteiger partial charge >= 0.3 is 0 Å². The second-order valence-electron chi connectivity index (χ2n) is 7.37. The Morgan fingerprint density at radius 2 is 1.90 bits per heavy atom. The van der Waals surface area contributed by atoms with E-state index in [-0.39, 0.29) is 34.1 Å². The van der Waals surface area contributed by atoms with E-state index in [1.165, 1.54) is 35.7 Å². The monoisotopic (exact) mass is 472 g/mol. The lowest BCUT2D eigenvalue weighted by molar-refractivity contribution is -0.111. The molecule has 3 rings (SSSR count). The summed E-state index contributed by atoms with van der Waals surface area (Å²) in [6.07, 6.45) is -1.92. The average Bonchev–Trinajstić information content (AvgIpc) is 3.31. The summed E-state index contributed by atoms with van der Waals surface area (Å²) in [5.74, 6) is -1.09. The minimum atomic E-state index is -3.43. The summed E-state index contributed by atoms with van der Waals surface area (Å²) in [5.41, 5.74) is 0.711. The lowest BCUT2D eigenvalue weighted by Crippen LogP contribution is -2.15. The predicted octanol–water partition coefficient (Wildman–Crippen LogP) is 2.68. The molecule has 1 amide bonds. The highest BCUT2D eigenvalue weighted by Crippen LogP contribution is 2.34. The third-order valence-corrected chi connectivity index (χ3v) is 6.85. The van der Waals surface area contributed by atoms with Crippen LogP contribution in [0.2, 0.25) is 0 Å². The summed E-state index contributed by atoms with van der Waals surface area (Å²) in [7, 11) is -3.43. The number of sulfone groups is 1. The van der Waals surface area contributed by atoms with Crippen molar-refractivity contribution in [2.75, 3.05) is 18.2 Å².